The fraction of sp³-hybridized carbons (Fsp3) is 0.562. The third kappa shape index (κ3) is 4.71. The van der Waals surface area contributed by atoms with Gasteiger partial charge in [-0.2, -0.15) is 0 Å². The van der Waals surface area contributed by atoms with Crippen LogP contribution in [0.2, 0.25) is 5.02 Å². The molecular formula is C16H25ClN2O. The highest BCUT2D eigenvalue weighted by atomic mass is 35.5. The van der Waals surface area contributed by atoms with Crippen LogP contribution in [0.25, 0.3) is 0 Å². The first-order valence-corrected chi connectivity index (χ1v) is 7.65. The Labute approximate surface area is 127 Å². The zero-order valence-electron chi connectivity index (χ0n) is 12.9. The fourth-order valence-electron chi connectivity index (χ4n) is 2.27. The van der Waals surface area contributed by atoms with Gasteiger partial charge in [-0.05, 0) is 31.0 Å². The first kappa shape index (κ1) is 16.8. The van der Waals surface area contributed by atoms with Crippen molar-refractivity contribution in [3.8, 4) is 0 Å². The van der Waals surface area contributed by atoms with Crippen LogP contribution in [0, 0.1) is 0 Å². The van der Waals surface area contributed by atoms with Crippen LogP contribution in [0.1, 0.15) is 49.9 Å². The van der Waals surface area contributed by atoms with Gasteiger partial charge < -0.3 is 10.2 Å². The molecular weight excluding hydrogens is 272 g/mol. The van der Waals surface area contributed by atoms with Gasteiger partial charge >= 0.3 is 0 Å². The molecule has 1 aromatic rings. The van der Waals surface area contributed by atoms with Crippen LogP contribution < -0.4 is 5.32 Å². The molecule has 1 N–H and O–H groups in total. The number of carbonyl (C=O) groups excluding carboxylic acids is 1. The Morgan fingerprint density at radius 1 is 1.25 bits per heavy atom. The molecule has 0 fully saturated rings. The molecule has 112 valence electrons. The van der Waals surface area contributed by atoms with E-state index in [1.807, 2.05) is 6.07 Å². The van der Waals surface area contributed by atoms with Crippen molar-refractivity contribution in [1.82, 2.24) is 4.90 Å². The maximum atomic E-state index is 12.2. The molecule has 0 atom stereocenters. The zero-order chi connectivity index (χ0) is 15.1. The van der Waals surface area contributed by atoms with Crippen LogP contribution in [-0.4, -0.2) is 30.9 Å². The maximum absolute atomic E-state index is 12.2. The molecule has 1 rings (SSSR count). The number of rotatable bonds is 7. The standard InChI is InChI=1S/C16H25ClN2O/c1-5-7-13(8-6-2)18-15-11-12(17)9-10-14(15)16(20)19(3)4/h9-11,13,18H,5-8H2,1-4H3. The van der Waals surface area contributed by atoms with Crippen molar-refractivity contribution < 1.29 is 4.79 Å². The topological polar surface area (TPSA) is 32.3 Å². The lowest BCUT2D eigenvalue weighted by atomic mass is 10.0. The molecule has 0 bridgehead atoms. The minimum Gasteiger partial charge on any atom is -0.382 e. The highest BCUT2D eigenvalue weighted by Gasteiger charge is 2.16. The van der Waals surface area contributed by atoms with Gasteiger partial charge in [-0.15, -0.1) is 0 Å². The van der Waals surface area contributed by atoms with E-state index in [9.17, 15) is 4.79 Å². The molecule has 0 aliphatic rings. The lowest BCUT2D eigenvalue weighted by Crippen LogP contribution is -2.25. The Balaban J connectivity index is 3.01. The molecule has 3 nitrogen and oxygen atoms in total. The van der Waals surface area contributed by atoms with Gasteiger partial charge in [0.2, 0.25) is 0 Å². The third-order valence-electron chi connectivity index (χ3n) is 3.25. The van der Waals surface area contributed by atoms with Gasteiger partial charge in [0.1, 0.15) is 0 Å². The summed E-state index contributed by atoms with van der Waals surface area (Å²) in [5.41, 5.74) is 1.51. The number of hydrogen-bond acceptors (Lipinski definition) is 2. The molecule has 0 aliphatic carbocycles. The summed E-state index contributed by atoms with van der Waals surface area (Å²) in [7, 11) is 3.52. The van der Waals surface area contributed by atoms with Crippen molar-refractivity contribution in [3.05, 3.63) is 28.8 Å². The summed E-state index contributed by atoms with van der Waals surface area (Å²) < 4.78 is 0. The summed E-state index contributed by atoms with van der Waals surface area (Å²) in [4.78, 5) is 13.8. The number of carbonyl (C=O) groups is 1. The number of nitrogens with zero attached hydrogens (tertiary/aromatic N) is 1. The first-order chi connectivity index (χ1) is 9.49. The number of amides is 1. The van der Waals surface area contributed by atoms with Gasteiger partial charge in [0, 0.05) is 30.8 Å². The van der Waals surface area contributed by atoms with E-state index < -0.39 is 0 Å². The Hall–Kier alpha value is -1.22. The van der Waals surface area contributed by atoms with E-state index in [1.165, 1.54) is 0 Å². The van der Waals surface area contributed by atoms with Crippen LogP contribution in [0.3, 0.4) is 0 Å². The van der Waals surface area contributed by atoms with Gasteiger partial charge in [-0.3, -0.25) is 4.79 Å². The van der Waals surface area contributed by atoms with Crippen molar-refractivity contribution in [2.75, 3.05) is 19.4 Å². The van der Waals surface area contributed by atoms with Crippen LogP contribution in [0.15, 0.2) is 18.2 Å². The molecule has 0 aliphatic heterocycles. The Bertz CT molecular complexity index is 440. The van der Waals surface area contributed by atoms with Crippen molar-refractivity contribution >= 4 is 23.2 Å². The second kappa shape index (κ2) is 8.15. The average molecular weight is 297 g/mol. The first-order valence-electron chi connectivity index (χ1n) is 7.27. The zero-order valence-corrected chi connectivity index (χ0v) is 13.6. The van der Waals surface area contributed by atoms with Gasteiger partial charge in [-0.1, -0.05) is 38.3 Å². The van der Waals surface area contributed by atoms with E-state index in [1.54, 1.807) is 31.1 Å². The van der Waals surface area contributed by atoms with Crippen molar-refractivity contribution in [2.45, 2.75) is 45.6 Å². The van der Waals surface area contributed by atoms with E-state index >= 15 is 0 Å². The summed E-state index contributed by atoms with van der Waals surface area (Å²) in [6, 6.07) is 5.79. The van der Waals surface area contributed by atoms with Crippen LogP contribution in [0.4, 0.5) is 5.69 Å². The van der Waals surface area contributed by atoms with Gasteiger partial charge in [0.25, 0.3) is 5.91 Å². The molecule has 4 heteroatoms. The number of anilines is 1. The number of halogens is 1. The van der Waals surface area contributed by atoms with Crippen molar-refractivity contribution in [3.63, 3.8) is 0 Å². The molecule has 0 saturated carbocycles. The van der Waals surface area contributed by atoms with E-state index in [0.29, 0.717) is 16.6 Å². The monoisotopic (exact) mass is 296 g/mol. The second-order valence-electron chi connectivity index (χ2n) is 5.31. The SMILES string of the molecule is CCCC(CCC)Nc1cc(Cl)ccc1C(=O)N(C)C. The van der Waals surface area contributed by atoms with Crippen molar-refractivity contribution in [1.29, 1.82) is 0 Å². The molecule has 0 heterocycles. The Morgan fingerprint density at radius 2 is 1.85 bits per heavy atom. The lowest BCUT2D eigenvalue weighted by Gasteiger charge is -2.22. The number of benzene rings is 1. The summed E-state index contributed by atoms with van der Waals surface area (Å²) in [6.07, 6.45) is 4.43. The highest BCUT2D eigenvalue weighted by Crippen LogP contribution is 2.24. The predicted octanol–water partition coefficient (Wildman–Crippen LogP) is 4.42. The summed E-state index contributed by atoms with van der Waals surface area (Å²) in [5.74, 6) is -0.00378. The van der Waals surface area contributed by atoms with Crippen molar-refractivity contribution in [2.24, 2.45) is 0 Å². The molecule has 1 amide bonds. The molecule has 20 heavy (non-hydrogen) atoms. The molecule has 0 radical (unpaired) electrons. The Morgan fingerprint density at radius 3 is 2.35 bits per heavy atom. The molecule has 0 spiro atoms. The van der Waals surface area contributed by atoms with Gasteiger partial charge in [-0.25, -0.2) is 0 Å². The Kier molecular flexibility index (Phi) is 6.86. The molecule has 0 saturated heterocycles. The van der Waals surface area contributed by atoms with Crippen LogP contribution in [0.5, 0.6) is 0 Å². The van der Waals surface area contributed by atoms with Gasteiger partial charge in [0.15, 0.2) is 0 Å². The van der Waals surface area contributed by atoms with E-state index in [2.05, 4.69) is 19.2 Å². The second-order valence-corrected chi connectivity index (χ2v) is 5.74. The predicted molar refractivity (Wildman–Crippen MR) is 86.7 cm³/mol. The van der Waals surface area contributed by atoms with E-state index in [0.717, 1.165) is 31.4 Å². The van der Waals surface area contributed by atoms with Crippen LogP contribution >= 0.6 is 11.6 Å². The lowest BCUT2D eigenvalue weighted by molar-refractivity contribution is 0.0828. The van der Waals surface area contributed by atoms with E-state index in [4.69, 9.17) is 11.6 Å². The quantitative estimate of drug-likeness (QED) is 0.807. The normalized spacial score (nSPS) is 10.7. The van der Waals surface area contributed by atoms with E-state index in [-0.39, 0.29) is 5.91 Å². The minimum atomic E-state index is -0.00378. The maximum Gasteiger partial charge on any atom is 0.255 e. The number of hydrogen-bond donors (Lipinski definition) is 1. The van der Waals surface area contributed by atoms with Gasteiger partial charge in [0.05, 0.1) is 5.56 Å². The summed E-state index contributed by atoms with van der Waals surface area (Å²) >= 11 is 6.07. The van der Waals surface area contributed by atoms with Crippen LogP contribution in [-0.2, 0) is 0 Å². The highest BCUT2D eigenvalue weighted by molar-refractivity contribution is 6.31. The molecule has 0 aromatic heterocycles. The number of nitrogens with one attached hydrogen (secondary N) is 1. The third-order valence-corrected chi connectivity index (χ3v) is 3.49. The average Bonchev–Trinajstić information content (AvgIpc) is 2.38. The fourth-order valence-corrected chi connectivity index (χ4v) is 2.44. The largest absolute Gasteiger partial charge is 0.382 e. The summed E-state index contributed by atoms with van der Waals surface area (Å²) in [6.45, 7) is 4.35. The molecule has 0 unspecified atom stereocenters. The smallest absolute Gasteiger partial charge is 0.255 e. The summed E-state index contributed by atoms with van der Waals surface area (Å²) in [5, 5.41) is 4.14. The molecule has 1 aromatic carbocycles. The minimum absolute atomic E-state index is 0.00378.